The summed E-state index contributed by atoms with van der Waals surface area (Å²) in [5.74, 6) is -0.173. The molecule has 2 atom stereocenters. The van der Waals surface area contributed by atoms with E-state index in [-0.39, 0.29) is 23.9 Å². The number of carbonyl (C=O) groups is 1. The van der Waals surface area contributed by atoms with Crippen molar-refractivity contribution in [1.82, 2.24) is 4.90 Å². The van der Waals surface area contributed by atoms with Gasteiger partial charge in [-0.05, 0) is 43.5 Å². The lowest BCUT2D eigenvalue weighted by molar-refractivity contribution is 0.0575. The van der Waals surface area contributed by atoms with Crippen LogP contribution in [0.5, 0.6) is 0 Å². The minimum atomic E-state index is -0.318. The molecule has 1 fully saturated rings. The van der Waals surface area contributed by atoms with E-state index in [9.17, 15) is 14.3 Å². The molecule has 0 aromatic heterocycles. The number of urea groups is 1. The fourth-order valence-corrected chi connectivity index (χ4v) is 2.81. The number of rotatable bonds is 3. The van der Waals surface area contributed by atoms with E-state index in [2.05, 4.69) is 5.32 Å². The van der Waals surface area contributed by atoms with Gasteiger partial charge in [-0.2, -0.15) is 0 Å². The number of benzene rings is 1. The second-order valence-electron chi connectivity index (χ2n) is 5.88. The Morgan fingerprint density at radius 3 is 2.81 bits per heavy atom. The minimum Gasteiger partial charge on any atom is -0.393 e. The van der Waals surface area contributed by atoms with Crippen molar-refractivity contribution in [3.8, 4) is 0 Å². The molecule has 0 heterocycles. The van der Waals surface area contributed by atoms with Crippen LogP contribution in [0.3, 0.4) is 0 Å². The van der Waals surface area contributed by atoms with E-state index < -0.39 is 0 Å². The zero-order valence-electron chi connectivity index (χ0n) is 12.6. The van der Waals surface area contributed by atoms with Crippen LogP contribution in [0.2, 0.25) is 0 Å². The van der Waals surface area contributed by atoms with Gasteiger partial charge in [0.2, 0.25) is 0 Å². The van der Waals surface area contributed by atoms with Crippen LogP contribution in [0.1, 0.15) is 31.2 Å². The summed E-state index contributed by atoms with van der Waals surface area (Å²) >= 11 is 0. The van der Waals surface area contributed by atoms with Gasteiger partial charge in [0.05, 0.1) is 6.10 Å². The standard InChI is InChI=1S/C16H23FN2O2/c1-11-9-13(17)7-8-14(11)18-16(21)19(2)10-12-5-3-4-6-15(12)20/h7-9,12,15,20H,3-6,10H2,1-2H3,(H,18,21). The van der Waals surface area contributed by atoms with Crippen molar-refractivity contribution in [2.75, 3.05) is 18.9 Å². The van der Waals surface area contributed by atoms with Gasteiger partial charge >= 0.3 is 6.03 Å². The first-order valence-corrected chi connectivity index (χ1v) is 7.43. The summed E-state index contributed by atoms with van der Waals surface area (Å²) in [4.78, 5) is 13.8. The highest BCUT2D eigenvalue weighted by atomic mass is 19.1. The lowest BCUT2D eigenvalue weighted by Crippen LogP contribution is -2.40. The Morgan fingerprint density at radius 1 is 1.43 bits per heavy atom. The zero-order chi connectivity index (χ0) is 15.4. The number of hydrogen-bond donors (Lipinski definition) is 2. The number of carbonyl (C=O) groups excluding carboxylic acids is 1. The van der Waals surface area contributed by atoms with E-state index in [0.717, 1.165) is 25.7 Å². The highest BCUT2D eigenvalue weighted by molar-refractivity contribution is 5.89. The number of anilines is 1. The maximum Gasteiger partial charge on any atom is 0.321 e. The van der Waals surface area contributed by atoms with Crippen LogP contribution in [0, 0.1) is 18.7 Å². The molecule has 21 heavy (non-hydrogen) atoms. The Labute approximate surface area is 125 Å². The van der Waals surface area contributed by atoms with E-state index in [1.165, 1.54) is 12.1 Å². The summed E-state index contributed by atoms with van der Waals surface area (Å²) in [6.07, 6.45) is 3.61. The Kier molecular flexibility index (Phi) is 5.17. The smallest absolute Gasteiger partial charge is 0.321 e. The van der Waals surface area contributed by atoms with Crippen LogP contribution in [0.25, 0.3) is 0 Å². The van der Waals surface area contributed by atoms with Crippen molar-refractivity contribution >= 4 is 11.7 Å². The van der Waals surface area contributed by atoms with Crippen molar-refractivity contribution in [2.45, 2.75) is 38.7 Å². The van der Waals surface area contributed by atoms with Crippen molar-refractivity contribution in [2.24, 2.45) is 5.92 Å². The van der Waals surface area contributed by atoms with Gasteiger partial charge in [-0.15, -0.1) is 0 Å². The molecule has 116 valence electrons. The Morgan fingerprint density at radius 2 is 2.14 bits per heavy atom. The molecule has 0 spiro atoms. The molecule has 0 radical (unpaired) electrons. The predicted octanol–water partition coefficient (Wildman–Crippen LogP) is 3.15. The molecule has 2 rings (SSSR count). The first-order chi connectivity index (χ1) is 9.97. The number of aliphatic hydroxyl groups excluding tert-OH is 1. The molecular weight excluding hydrogens is 271 g/mol. The van der Waals surface area contributed by atoms with E-state index in [1.54, 1.807) is 24.9 Å². The number of nitrogens with one attached hydrogen (secondary N) is 1. The number of halogens is 1. The van der Waals surface area contributed by atoms with Crippen LogP contribution in [0.15, 0.2) is 18.2 Å². The van der Waals surface area contributed by atoms with Crippen LogP contribution in [-0.2, 0) is 0 Å². The van der Waals surface area contributed by atoms with Gasteiger partial charge in [-0.3, -0.25) is 0 Å². The Hall–Kier alpha value is -1.62. The second kappa shape index (κ2) is 6.89. The quantitative estimate of drug-likeness (QED) is 0.899. The first-order valence-electron chi connectivity index (χ1n) is 7.43. The third-order valence-corrected chi connectivity index (χ3v) is 4.15. The maximum absolute atomic E-state index is 13.0. The van der Waals surface area contributed by atoms with E-state index in [4.69, 9.17) is 0 Å². The van der Waals surface area contributed by atoms with Crippen LogP contribution >= 0.6 is 0 Å². The summed E-state index contributed by atoms with van der Waals surface area (Å²) in [5, 5.41) is 12.7. The lowest BCUT2D eigenvalue weighted by atomic mass is 9.86. The summed E-state index contributed by atoms with van der Waals surface area (Å²) in [6.45, 7) is 2.29. The van der Waals surface area contributed by atoms with Gasteiger partial charge in [-0.1, -0.05) is 12.8 Å². The Balaban J connectivity index is 1.92. The molecule has 2 N–H and O–H groups in total. The monoisotopic (exact) mass is 294 g/mol. The second-order valence-corrected chi connectivity index (χ2v) is 5.88. The van der Waals surface area contributed by atoms with Gasteiger partial charge in [0.15, 0.2) is 0 Å². The van der Waals surface area contributed by atoms with E-state index in [1.807, 2.05) is 0 Å². The number of nitrogens with zero attached hydrogens (tertiary/aromatic N) is 1. The topological polar surface area (TPSA) is 52.6 Å². The first kappa shape index (κ1) is 15.8. The van der Waals surface area contributed by atoms with Crippen LogP contribution < -0.4 is 5.32 Å². The van der Waals surface area contributed by atoms with Crippen molar-refractivity contribution in [3.05, 3.63) is 29.6 Å². The Bertz CT molecular complexity index is 507. The number of hydrogen-bond acceptors (Lipinski definition) is 2. The predicted molar refractivity (Wildman–Crippen MR) is 80.8 cm³/mol. The molecule has 1 aliphatic rings. The molecule has 2 amide bonds. The van der Waals surface area contributed by atoms with Crippen molar-refractivity contribution < 1.29 is 14.3 Å². The van der Waals surface area contributed by atoms with Crippen molar-refractivity contribution in [3.63, 3.8) is 0 Å². The number of amides is 2. The average molecular weight is 294 g/mol. The fraction of sp³-hybridized carbons (Fsp3) is 0.562. The average Bonchev–Trinajstić information content (AvgIpc) is 2.44. The molecule has 1 aromatic rings. The van der Waals surface area contributed by atoms with Crippen LogP contribution in [0.4, 0.5) is 14.9 Å². The minimum absolute atomic E-state index is 0.142. The summed E-state index contributed by atoms with van der Waals surface area (Å²) in [7, 11) is 1.72. The molecule has 1 saturated carbocycles. The molecule has 1 aliphatic carbocycles. The van der Waals surface area contributed by atoms with Gasteiger partial charge in [0, 0.05) is 25.2 Å². The molecule has 0 saturated heterocycles. The maximum atomic E-state index is 13.0. The number of aryl methyl sites for hydroxylation is 1. The molecule has 4 nitrogen and oxygen atoms in total. The van der Waals surface area contributed by atoms with E-state index >= 15 is 0 Å². The van der Waals surface area contributed by atoms with Gasteiger partial charge in [0.25, 0.3) is 0 Å². The molecule has 0 aliphatic heterocycles. The van der Waals surface area contributed by atoms with Gasteiger partial charge in [0.1, 0.15) is 5.82 Å². The summed E-state index contributed by atoms with van der Waals surface area (Å²) in [5.41, 5.74) is 1.30. The molecule has 0 bridgehead atoms. The van der Waals surface area contributed by atoms with E-state index in [0.29, 0.717) is 17.8 Å². The third kappa shape index (κ3) is 4.17. The number of aliphatic hydroxyl groups is 1. The molecule has 2 unspecified atom stereocenters. The fourth-order valence-electron chi connectivity index (χ4n) is 2.81. The molecule has 5 heteroatoms. The highest BCUT2D eigenvalue weighted by Crippen LogP contribution is 2.25. The largest absolute Gasteiger partial charge is 0.393 e. The van der Waals surface area contributed by atoms with Gasteiger partial charge < -0.3 is 15.3 Å². The van der Waals surface area contributed by atoms with Gasteiger partial charge in [-0.25, -0.2) is 9.18 Å². The van der Waals surface area contributed by atoms with Crippen LogP contribution in [-0.4, -0.2) is 35.7 Å². The highest BCUT2D eigenvalue weighted by Gasteiger charge is 2.25. The van der Waals surface area contributed by atoms with Crippen molar-refractivity contribution in [1.29, 1.82) is 0 Å². The summed E-state index contributed by atoms with van der Waals surface area (Å²) in [6, 6.07) is 4.04. The molecular formula is C16H23FN2O2. The molecule has 1 aromatic carbocycles. The zero-order valence-corrected chi connectivity index (χ0v) is 12.6. The summed E-state index contributed by atoms with van der Waals surface area (Å²) < 4.78 is 13.0. The third-order valence-electron chi connectivity index (χ3n) is 4.15. The lowest BCUT2D eigenvalue weighted by Gasteiger charge is -2.31. The normalized spacial score (nSPS) is 21.9. The SMILES string of the molecule is Cc1cc(F)ccc1NC(=O)N(C)CC1CCCCC1O.